The van der Waals surface area contributed by atoms with E-state index in [2.05, 4.69) is 0 Å². The molecule has 2 aromatic carbocycles. The number of aromatic nitrogens is 1. The number of carbonyl (C=O) groups is 1. The molecule has 1 aliphatic heterocycles. The Balaban J connectivity index is 1.58. The van der Waals surface area contributed by atoms with Gasteiger partial charge in [0.05, 0.1) is 29.0 Å². The first-order chi connectivity index (χ1) is 15.2. The van der Waals surface area contributed by atoms with Crippen LogP contribution in [0.5, 0.6) is 5.75 Å². The molecule has 0 bridgehead atoms. The average molecular weight is 473 g/mol. The van der Waals surface area contributed by atoms with Crippen LogP contribution in [-0.2, 0) is 4.74 Å². The highest BCUT2D eigenvalue weighted by Crippen LogP contribution is 2.39. The van der Waals surface area contributed by atoms with Crippen LogP contribution in [0.2, 0.25) is 5.02 Å². The number of benzene rings is 2. The summed E-state index contributed by atoms with van der Waals surface area (Å²) in [5.74, 6) is 0.589. The van der Waals surface area contributed by atoms with Crippen molar-refractivity contribution in [2.45, 2.75) is 25.9 Å². The van der Waals surface area contributed by atoms with E-state index in [0.717, 1.165) is 45.5 Å². The highest BCUT2D eigenvalue weighted by atomic mass is 35.5. The first-order valence-electron chi connectivity index (χ1n) is 10.3. The maximum atomic E-state index is 13.7. The minimum atomic E-state index is -0.140. The fourth-order valence-corrected chi connectivity index (χ4v) is 6.26. The first-order valence-corrected chi connectivity index (χ1v) is 12.3. The van der Waals surface area contributed by atoms with Crippen molar-refractivity contribution in [1.29, 1.82) is 0 Å². The molecule has 1 saturated heterocycles. The van der Waals surface area contributed by atoms with Crippen molar-refractivity contribution in [2.75, 3.05) is 24.7 Å². The van der Waals surface area contributed by atoms with Gasteiger partial charge in [-0.05, 0) is 38.0 Å². The quantitative estimate of drug-likeness (QED) is 0.326. The second-order valence-electron chi connectivity index (χ2n) is 7.32. The standard InChI is InChI=1S/C23H21ClN2O3S2/c1-2-28-16-9-5-11-18-20(16)25-23(31-18)26(13-14-7-6-12-29-14)22(27)21-19(24)15-8-3-4-10-17(15)30-21/h3-5,8-11,14H,2,6-7,12-13H2,1H3. The highest BCUT2D eigenvalue weighted by Gasteiger charge is 2.30. The summed E-state index contributed by atoms with van der Waals surface area (Å²) in [6, 6.07) is 13.7. The van der Waals surface area contributed by atoms with E-state index in [4.69, 9.17) is 26.1 Å². The molecule has 1 unspecified atom stereocenters. The lowest BCUT2D eigenvalue weighted by atomic mass is 10.2. The molecule has 2 aromatic heterocycles. The Labute approximate surface area is 193 Å². The van der Waals surface area contributed by atoms with Gasteiger partial charge in [-0.2, -0.15) is 0 Å². The molecule has 3 heterocycles. The topological polar surface area (TPSA) is 51.7 Å². The average Bonchev–Trinajstić information content (AvgIpc) is 3.51. The Morgan fingerprint density at radius 1 is 1.23 bits per heavy atom. The van der Waals surface area contributed by atoms with E-state index in [9.17, 15) is 4.79 Å². The minimum Gasteiger partial charge on any atom is -0.492 e. The van der Waals surface area contributed by atoms with Crippen LogP contribution in [0.3, 0.4) is 0 Å². The van der Waals surface area contributed by atoms with E-state index in [1.54, 1.807) is 4.90 Å². The minimum absolute atomic E-state index is 0.00419. The molecule has 0 spiro atoms. The van der Waals surface area contributed by atoms with Gasteiger partial charge >= 0.3 is 0 Å². The molecule has 5 rings (SSSR count). The third kappa shape index (κ3) is 3.91. The number of rotatable bonds is 6. The first kappa shape index (κ1) is 20.7. The van der Waals surface area contributed by atoms with E-state index in [-0.39, 0.29) is 12.0 Å². The van der Waals surface area contributed by atoms with E-state index in [0.29, 0.717) is 28.2 Å². The number of hydrogen-bond acceptors (Lipinski definition) is 6. The molecule has 0 N–H and O–H groups in total. The molecule has 1 fully saturated rings. The van der Waals surface area contributed by atoms with E-state index in [1.807, 2.05) is 49.4 Å². The number of carbonyl (C=O) groups excluding carboxylic acids is 1. The summed E-state index contributed by atoms with van der Waals surface area (Å²) in [5.41, 5.74) is 0.775. The van der Waals surface area contributed by atoms with Crippen molar-refractivity contribution in [3.63, 3.8) is 0 Å². The molecule has 1 amide bonds. The van der Waals surface area contributed by atoms with E-state index >= 15 is 0 Å². The second kappa shape index (κ2) is 8.74. The van der Waals surface area contributed by atoms with E-state index < -0.39 is 0 Å². The number of amides is 1. The van der Waals surface area contributed by atoms with Crippen LogP contribution in [0, 0.1) is 0 Å². The summed E-state index contributed by atoms with van der Waals surface area (Å²) in [4.78, 5) is 20.8. The lowest BCUT2D eigenvalue weighted by Crippen LogP contribution is -2.37. The predicted octanol–water partition coefficient (Wildman–Crippen LogP) is 6.39. The summed E-state index contributed by atoms with van der Waals surface area (Å²) in [6.45, 7) is 3.68. The Kier molecular flexibility index (Phi) is 5.84. The molecule has 0 radical (unpaired) electrons. The molecule has 31 heavy (non-hydrogen) atoms. The number of para-hydroxylation sites is 1. The van der Waals surface area contributed by atoms with Gasteiger partial charge in [0.1, 0.15) is 16.1 Å². The number of hydrogen-bond donors (Lipinski definition) is 0. The summed E-state index contributed by atoms with van der Waals surface area (Å²) >= 11 is 9.54. The third-order valence-electron chi connectivity index (χ3n) is 5.29. The van der Waals surface area contributed by atoms with Crippen LogP contribution in [0.1, 0.15) is 29.4 Å². The summed E-state index contributed by atoms with van der Waals surface area (Å²) < 4.78 is 13.6. The fourth-order valence-electron chi connectivity index (χ4n) is 3.81. The van der Waals surface area contributed by atoms with Crippen molar-refractivity contribution in [3.8, 4) is 5.75 Å². The molecule has 1 aliphatic rings. The predicted molar refractivity (Wildman–Crippen MR) is 128 cm³/mol. The zero-order chi connectivity index (χ0) is 21.4. The molecular formula is C23H21ClN2O3S2. The lowest BCUT2D eigenvalue weighted by molar-refractivity contribution is 0.0921. The number of anilines is 1. The number of thiazole rings is 1. The summed E-state index contributed by atoms with van der Waals surface area (Å²) in [5, 5.41) is 2.03. The summed E-state index contributed by atoms with van der Waals surface area (Å²) in [6.07, 6.45) is 1.93. The molecule has 1 atom stereocenters. The van der Waals surface area contributed by atoms with Gasteiger partial charge in [-0.25, -0.2) is 4.98 Å². The zero-order valence-corrected chi connectivity index (χ0v) is 19.4. The van der Waals surface area contributed by atoms with Crippen molar-refractivity contribution < 1.29 is 14.3 Å². The Bertz CT molecular complexity index is 1250. The molecule has 0 aliphatic carbocycles. The number of thiophene rings is 1. The Morgan fingerprint density at radius 3 is 2.84 bits per heavy atom. The maximum Gasteiger partial charge on any atom is 0.271 e. The van der Waals surface area contributed by atoms with Crippen LogP contribution in [0.25, 0.3) is 20.3 Å². The smallest absolute Gasteiger partial charge is 0.271 e. The van der Waals surface area contributed by atoms with Gasteiger partial charge in [-0.3, -0.25) is 9.69 Å². The zero-order valence-electron chi connectivity index (χ0n) is 17.0. The Hall–Kier alpha value is -2.19. The number of halogens is 1. The van der Waals surface area contributed by atoms with Crippen LogP contribution < -0.4 is 9.64 Å². The third-order valence-corrected chi connectivity index (χ3v) is 7.99. The van der Waals surface area contributed by atoms with Crippen LogP contribution in [0.4, 0.5) is 5.13 Å². The second-order valence-corrected chi connectivity index (χ2v) is 9.76. The molecule has 160 valence electrons. The summed E-state index contributed by atoms with van der Waals surface area (Å²) in [7, 11) is 0. The molecular weight excluding hydrogens is 452 g/mol. The number of fused-ring (bicyclic) bond motifs is 2. The molecule has 0 saturated carbocycles. The van der Waals surface area contributed by atoms with Crippen molar-refractivity contribution in [2.24, 2.45) is 0 Å². The largest absolute Gasteiger partial charge is 0.492 e. The van der Waals surface area contributed by atoms with Gasteiger partial charge < -0.3 is 9.47 Å². The van der Waals surface area contributed by atoms with Crippen molar-refractivity contribution in [1.82, 2.24) is 4.98 Å². The maximum absolute atomic E-state index is 13.7. The van der Waals surface area contributed by atoms with Crippen LogP contribution >= 0.6 is 34.3 Å². The van der Waals surface area contributed by atoms with Gasteiger partial charge in [-0.1, -0.05) is 47.2 Å². The molecule has 5 nitrogen and oxygen atoms in total. The fraction of sp³-hybridized carbons (Fsp3) is 0.304. The molecule has 8 heteroatoms. The SMILES string of the molecule is CCOc1cccc2sc(N(CC3CCCO3)C(=O)c3sc4ccccc4c3Cl)nc12. The number of nitrogens with zero attached hydrogens (tertiary/aromatic N) is 2. The van der Waals surface area contributed by atoms with Gasteiger partial charge in [0, 0.05) is 16.7 Å². The van der Waals surface area contributed by atoms with Gasteiger partial charge in [0.15, 0.2) is 5.13 Å². The monoisotopic (exact) mass is 472 g/mol. The van der Waals surface area contributed by atoms with E-state index in [1.165, 1.54) is 22.7 Å². The van der Waals surface area contributed by atoms with Crippen LogP contribution in [0.15, 0.2) is 42.5 Å². The van der Waals surface area contributed by atoms with Crippen molar-refractivity contribution >= 4 is 65.6 Å². The van der Waals surface area contributed by atoms with Crippen LogP contribution in [-0.4, -0.2) is 36.8 Å². The van der Waals surface area contributed by atoms with Gasteiger partial charge in [0.2, 0.25) is 0 Å². The highest BCUT2D eigenvalue weighted by molar-refractivity contribution is 7.23. The number of ether oxygens (including phenoxy) is 2. The van der Waals surface area contributed by atoms with Crippen molar-refractivity contribution in [3.05, 3.63) is 52.4 Å². The lowest BCUT2D eigenvalue weighted by Gasteiger charge is -2.22. The van der Waals surface area contributed by atoms with Gasteiger partial charge in [-0.15, -0.1) is 11.3 Å². The van der Waals surface area contributed by atoms with Gasteiger partial charge in [0.25, 0.3) is 5.91 Å². The normalized spacial score (nSPS) is 16.3. The molecule has 4 aromatic rings. The Morgan fingerprint density at radius 2 is 2.06 bits per heavy atom.